The molecule has 0 aliphatic heterocycles. The van der Waals surface area contributed by atoms with Crippen LogP contribution in [-0.4, -0.2) is 36.2 Å². The molecule has 0 saturated carbocycles. The number of rotatable bonds is 6. The Balaban J connectivity index is 2.55. The fourth-order valence-corrected chi connectivity index (χ4v) is 1.77. The Morgan fingerprint density at radius 1 is 1.12 bits per heavy atom. The van der Waals surface area contributed by atoms with Gasteiger partial charge < -0.3 is 14.8 Å². The Bertz CT molecular complexity index is 605. The molecule has 0 heterocycles. The molecule has 0 radical (unpaired) electrons. The first kappa shape index (κ1) is 20.5. The maximum absolute atomic E-state index is 12.1. The lowest BCUT2D eigenvalue weighted by Crippen LogP contribution is -2.50. The van der Waals surface area contributed by atoms with Gasteiger partial charge in [-0.1, -0.05) is 6.92 Å². The number of urea groups is 1. The first-order chi connectivity index (χ1) is 11.6. The van der Waals surface area contributed by atoms with Crippen LogP contribution in [0.1, 0.15) is 51.4 Å². The van der Waals surface area contributed by atoms with Crippen molar-refractivity contribution in [2.45, 2.75) is 52.7 Å². The Kier molecular flexibility index (Phi) is 7.42. The predicted octanol–water partition coefficient (Wildman–Crippen LogP) is 2.65. The third kappa shape index (κ3) is 7.69. The van der Waals surface area contributed by atoms with Gasteiger partial charge in [0.2, 0.25) is 0 Å². The standard InChI is InChI=1S/C18H26N2O5/c1-6-11-24-14-9-7-13(8-10-14)16(22)25-12(2)15(21)19-17(23)20-18(3,4)5/h7-10,12H,6,11H2,1-5H3,(H2,19,20,21,23)/t12-/m1/s1. The molecule has 1 aromatic carbocycles. The molecular formula is C18H26N2O5. The number of imide groups is 1. The van der Waals surface area contributed by atoms with Crippen LogP contribution in [0.25, 0.3) is 0 Å². The quantitative estimate of drug-likeness (QED) is 0.769. The summed E-state index contributed by atoms with van der Waals surface area (Å²) in [5, 5.41) is 4.73. The van der Waals surface area contributed by atoms with Gasteiger partial charge in [-0.05, 0) is 58.4 Å². The summed E-state index contributed by atoms with van der Waals surface area (Å²) in [6.45, 7) is 9.35. The van der Waals surface area contributed by atoms with Gasteiger partial charge in [-0.15, -0.1) is 0 Å². The lowest BCUT2D eigenvalue weighted by molar-refractivity contribution is -0.127. The fraction of sp³-hybridized carbons (Fsp3) is 0.500. The third-order valence-electron chi connectivity index (χ3n) is 2.94. The Morgan fingerprint density at radius 2 is 1.72 bits per heavy atom. The van der Waals surface area contributed by atoms with Crippen molar-refractivity contribution in [3.63, 3.8) is 0 Å². The summed E-state index contributed by atoms with van der Waals surface area (Å²) < 4.78 is 10.5. The fourth-order valence-electron chi connectivity index (χ4n) is 1.77. The smallest absolute Gasteiger partial charge is 0.338 e. The number of ether oxygens (including phenoxy) is 2. The molecule has 0 bridgehead atoms. The molecule has 0 saturated heterocycles. The van der Waals surface area contributed by atoms with Gasteiger partial charge in [-0.3, -0.25) is 10.1 Å². The highest BCUT2D eigenvalue weighted by atomic mass is 16.5. The van der Waals surface area contributed by atoms with E-state index in [1.54, 1.807) is 45.0 Å². The second kappa shape index (κ2) is 9.05. The van der Waals surface area contributed by atoms with E-state index >= 15 is 0 Å². The molecule has 138 valence electrons. The zero-order valence-corrected chi connectivity index (χ0v) is 15.3. The van der Waals surface area contributed by atoms with Gasteiger partial charge in [0.15, 0.2) is 6.10 Å². The summed E-state index contributed by atoms with van der Waals surface area (Å²) in [5.41, 5.74) is -0.186. The number of carbonyl (C=O) groups is 3. The van der Waals surface area contributed by atoms with Gasteiger partial charge in [-0.2, -0.15) is 0 Å². The van der Waals surface area contributed by atoms with Crippen molar-refractivity contribution in [2.24, 2.45) is 0 Å². The molecule has 0 spiro atoms. The molecule has 1 atom stereocenters. The predicted molar refractivity (Wildman–Crippen MR) is 93.5 cm³/mol. The maximum atomic E-state index is 12.1. The van der Waals surface area contributed by atoms with Crippen LogP contribution in [-0.2, 0) is 9.53 Å². The Hall–Kier alpha value is -2.57. The third-order valence-corrected chi connectivity index (χ3v) is 2.94. The van der Waals surface area contributed by atoms with Crippen LogP contribution in [0.5, 0.6) is 5.75 Å². The second-order valence-corrected chi connectivity index (χ2v) is 6.61. The van der Waals surface area contributed by atoms with Crippen molar-refractivity contribution in [1.29, 1.82) is 0 Å². The Labute approximate surface area is 148 Å². The van der Waals surface area contributed by atoms with Crippen molar-refractivity contribution in [1.82, 2.24) is 10.6 Å². The number of nitrogens with one attached hydrogen (secondary N) is 2. The summed E-state index contributed by atoms with van der Waals surface area (Å²) in [6, 6.07) is 5.80. The van der Waals surface area contributed by atoms with Crippen LogP contribution in [0, 0.1) is 0 Å². The molecule has 0 fully saturated rings. The molecule has 25 heavy (non-hydrogen) atoms. The first-order valence-electron chi connectivity index (χ1n) is 8.19. The average molecular weight is 350 g/mol. The highest BCUT2D eigenvalue weighted by Gasteiger charge is 2.22. The van der Waals surface area contributed by atoms with Crippen molar-refractivity contribution >= 4 is 17.9 Å². The Morgan fingerprint density at radius 3 is 2.24 bits per heavy atom. The minimum Gasteiger partial charge on any atom is -0.494 e. The largest absolute Gasteiger partial charge is 0.494 e. The minimum atomic E-state index is -1.10. The van der Waals surface area contributed by atoms with Crippen LogP contribution < -0.4 is 15.4 Å². The SMILES string of the molecule is CCCOc1ccc(C(=O)O[C@H](C)C(=O)NC(=O)NC(C)(C)C)cc1. The van der Waals surface area contributed by atoms with E-state index in [2.05, 4.69) is 10.6 Å². The van der Waals surface area contributed by atoms with E-state index in [0.29, 0.717) is 17.9 Å². The van der Waals surface area contributed by atoms with Crippen molar-refractivity contribution in [3.8, 4) is 5.75 Å². The summed E-state index contributed by atoms with van der Waals surface area (Å²) in [6.07, 6.45) is -0.214. The first-order valence-corrected chi connectivity index (χ1v) is 8.19. The van der Waals surface area contributed by atoms with Crippen LogP contribution >= 0.6 is 0 Å². The second-order valence-electron chi connectivity index (χ2n) is 6.61. The summed E-state index contributed by atoms with van der Waals surface area (Å²) in [4.78, 5) is 35.6. The van der Waals surface area contributed by atoms with Crippen LogP contribution in [0.3, 0.4) is 0 Å². The van der Waals surface area contributed by atoms with E-state index in [-0.39, 0.29) is 0 Å². The number of esters is 1. The number of benzene rings is 1. The van der Waals surface area contributed by atoms with Crippen LogP contribution in [0.15, 0.2) is 24.3 Å². The molecule has 0 aromatic heterocycles. The monoisotopic (exact) mass is 350 g/mol. The lowest BCUT2D eigenvalue weighted by Gasteiger charge is -2.21. The van der Waals surface area contributed by atoms with Crippen molar-refractivity contribution in [2.75, 3.05) is 6.61 Å². The van der Waals surface area contributed by atoms with Gasteiger partial charge in [0, 0.05) is 5.54 Å². The van der Waals surface area contributed by atoms with Gasteiger partial charge in [-0.25, -0.2) is 9.59 Å². The molecule has 1 rings (SSSR count). The van der Waals surface area contributed by atoms with E-state index < -0.39 is 29.6 Å². The van der Waals surface area contributed by atoms with Crippen molar-refractivity contribution in [3.05, 3.63) is 29.8 Å². The van der Waals surface area contributed by atoms with E-state index in [9.17, 15) is 14.4 Å². The van der Waals surface area contributed by atoms with Crippen molar-refractivity contribution < 1.29 is 23.9 Å². The lowest BCUT2D eigenvalue weighted by atomic mass is 10.1. The van der Waals surface area contributed by atoms with E-state index in [0.717, 1.165) is 6.42 Å². The zero-order valence-electron chi connectivity index (χ0n) is 15.3. The molecule has 3 amide bonds. The van der Waals surface area contributed by atoms with E-state index in [1.807, 2.05) is 6.92 Å². The van der Waals surface area contributed by atoms with Crippen LogP contribution in [0.4, 0.5) is 4.79 Å². The van der Waals surface area contributed by atoms with Gasteiger partial charge in [0.1, 0.15) is 5.75 Å². The summed E-state index contributed by atoms with van der Waals surface area (Å²) >= 11 is 0. The number of carbonyl (C=O) groups excluding carboxylic acids is 3. The highest BCUT2D eigenvalue weighted by Crippen LogP contribution is 2.14. The zero-order chi connectivity index (χ0) is 19.0. The maximum Gasteiger partial charge on any atom is 0.338 e. The average Bonchev–Trinajstić information content (AvgIpc) is 2.51. The molecule has 0 unspecified atom stereocenters. The van der Waals surface area contributed by atoms with Crippen LogP contribution in [0.2, 0.25) is 0 Å². The molecule has 0 aliphatic carbocycles. The van der Waals surface area contributed by atoms with Gasteiger partial charge in [0.05, 0.1) is 12.2 Å². The molecule has 7 heteroatoms. The molecule has 7 nitrogen and oxygen atoms in total. The normalized spacial score (nSPS) is 12.0. The molecular weight excluding hydrogens is 324 g/mol. The summed E-state index contributed by atoms with van der Waals surface area (Å²) in [5.74, 6) is -0.693. The molecule has 2 N–H and O–H groups in total. The van der Waals surface area contributed by atoms with E-state index in [4.69, 9.17) is 9.47 Å². The molecule has 0 aliphatic rings. The minimum absolute atomic E-state index is 0.294. The van der Waals surface area contributed by atoms with Gasteiger partial charge in [0.25, 0.3) is 5.91 Å². The number of hydrogen-bond donors (Lipinski definition) is 2. The van der Waals surface area contributed by atoms with E-state index in [1.165, 1.54) is 6.92 Å². The number of amides is 3. The molecule has 1 aromatic rings. The highest BCUT2D eigenvalue weighted by molar-refractivity contribution is 5.98. The summed E-state index contributed by atoms with van der Waals surface area (Å²) in [7, 11) is 0. The topological polar surface area (TPSA) is 93.7 Å². The number of hydrogen-bond acceptors (Lipinski definition) is 5. The van der Waals surface area contributed by atoms with Gasteiger partial charge >= 0.3 is 12.0 Å².